The molecule has 0 saturated heterocycles. The van der Waals surface area contributed by atoms with Crippen LogP contribution in [0.25, 0.3) is 11.7 Å². The first-order valence-electron chi connectivity index (χ1n) is 4.35. The maximum atomic E-state index is 10.9. The molecular weight excluding hydrogens is 194 g/mol. The van der Waals surface area contributed by atoms with Crippen molar-refractivity contribution in [2.45, 2.75) is 0 Å². The second kappa shape index (κ2) is 3.91. The first kappa shape index (κ1) is 9.39. The predicted molar refractivity (Wildman–Crippen MR) is 54.0 cm³/mol. The monoisotopic (exact) mass is 203 g/mol. The molecule has 5 nitrogen and oxygen atoms in total. The Bertz CT molecular complexity index is 516. The van der Waals surface area contributed by atoms with Crippen LogP contribution < -0.4 is 0 Å². The Morgan fingerprint density at radius 3 is 3.27 bits per heavy atom. The van der Waals surface area contributed by atoms with E-state index in [1.165, 1.54) is 13.2 Å². The Morgan fingerprint density at radius 2 is 2.47 bits per heavy atom. The quantitative estimate of drug-likeness (QED) is 0.538. The average Bonchev–Trinajstić information content (AvgIpc) is 2.69. The third-order valence-corrected chi connectivity index (χ3v) is 1.91. The fraction of sp³-hybridized carbons (Fsp3) is 0.100. The molecule has 2 rings (SSSR count). The van der Waals surface area contributed by atoms with Crippen LogP contribution in [-0.2, 0) is 9.53 Å². The van der Waals surface area contributed by atoms with Gasteiger partial charge in [-0.3, -0.25) is 0 Å². The molecule has 0 N–H and O–H groups in total. The van der Waals surface area contributed by atoms with Gasteiger partial charge in [-0.2, -0.15) is 5.10 Å². The largest absolute Gasteiger partial charge is 0.466 e. The van der Waals surface area contributed by atoms with Gasteiger partial charge in [0.2, 0.25) is 0 Å². The zero-order valence-corrected chi connectivity index (χ0v) is 8.12. The Kier molecular flexibility index (Phi) is 2.45. The van der Waals surface area contributed by atoms with E-state index in [0.717, 1.165) is 5.56 Å². The second-order valence-corrected chi connectivity index (χ2v) is 2.84. The Balaban J connectivity index is 2.36. The normalized spacial score (nSPS) is 11.0. The van der Waals surface area contributed by atoms with Crippen LogP contribution in [0.4, 0.5) is 0 Å². The van der Waals surface area contributed by atoms with Crippen LogP contribution in [0.1, 0.15) is 5.56 Å². The maximum absolute atomic E-state index is 10.9. The first-order chi connectivity index (χ1) is 7.31. The van der Waals surface area contributed by atoms with E-state index in [-0.39, 0.29) is 0 Å². The van der Waals surface area contributed by atoms with Gasteiger partial charge in [-0.05, 0) is 12.1 Å². The lowest BCUT2D eigenvalue weighted by atomic mass is 10.3. The van der Waals surface area contributed by atoms with E-state index < -0.39 is 5.97 Å². The minimum absolute atomic E-state index is 0.398. The molecule has 0 aromatic carbocycles. The minimum Gasteiger partial charge on any atom is -0.466 e. The van der Waals surface area contributed by atoms with Crippen LogP contribution >= 0.6 is 0 Å². The molecule has 0 saturated carbocycles. The predicted octanol–water partition coefficient (Wildman–Crippen LogP) is 0.915. The van der Waals surface area contributed by atoms with E-state index in [2.05, 4.69) is 14.8 Å². The average molecular weight is 203 g/mol. The number of fused-ring (bicyclic) bond motifs is 1. The molecule has 2 aromatic rings. The van der Waals surface area contributed by atoms with Crippen molar-refractivity contribution in [2.75, 3.05) is 7.11 Å². The first-order valence-corrected chi connectivity index (χ1v) is 4.35. The van der Waals surface area contributed by atoms with E-state index in [0.29, 0.717) is 5.65 Å². The number of esters is 1. The molecule has 0 spiro atoms. The van der Waals surface area contributed by atoms with E-state index in [9.17, 15) is 4.79 Å². The highest BCUT2D eigenvalue weighted by Crippen LogP contribution is 2.08. The van der Waals surface area contributed by atoms with Gasteiger partial charge in [-0.25, -0.2) is 14.3 Å². The summed E-state index contributed by atoms with van der Waals surface area (Å²) in [5.74, 6) is -0.398. The van der Waals surface area contributed by atoms with Gasteiger partial charge in [-0.15, -0.1) is 0 Å². The summed E-state index contributed by atoms with van der Waals surface area (Å²) in [6, 6.07) is 1.79. The standard InChI is InChI=1S/C10H9N3O2/c1-15-9(14)4-3-8-7-12-13-6-2-5-11-10(8)13/h2-7H,1H3. The highest BCUT2D eigenvalue weighted by molar-refractivity contribution is 5.88. The molecule has 0 unspecified atom stereocenters. The lowest BCUT2D eigenvalue weighted by molar-refractivity contribution is -0.134. The van der Waals surface area contributed by atoms with Gasteiger partial charge in [-0.1, -0.05) is 0 Å². The molecule has 0 radical (unpaired) electrons. The van der Waals surface area contributed by atoms with Crippen molar-refractivity contribution in [3.8, 4) is 0 Å². The van der Waals surface area contributed by atoms with Gasteiger partial charge in [0.05, 0.1) is 13.3 Å². The van der Waals surface area contributed by atoms with E-state index in [4.69, 9.17) is 0 Å². The summed E-state index contributed by atoms with van der Waals surface area (Å²) in [4.78, 5) is 15.0. The van der Waals surface area contributed by atoms with Gasteiger partial charge in [0.15, 0.2) is 5.65 Å². The van der Waals surface area contributed by atoms with Crippen molar-refractivity contribution in [3.05, 3.63) is 36.3 Å². The Labute approximate surface area is 86.0 Å². The fourth-order valence-corrected chi connectivity index (χ4v) is 1.19. The Morgan fingerprint density at radius 1 is 1.60 bits per heavy atom. The molecule has 0 amide bonds. The topological polar surface area (TPSA) is 56.5 Å². The Hall–Kier alpha value is -2.17. The van der Waals surface area contributed by atoms with Crippen molar-refractivity contribution < 1.29 is 9.53 Å². The summed E-state index contributed by atoms with van der Waals surface area (Å²) in [6.45, 7) is 0. The molecule has 0 aliphatic carbocycles. The number of methoxy groups -OCH3 is 1. The van der Waals surface area contributed by atoms with Crippen LogP contribution in [-0.4, -0.2) is 27.7 Å². The lowest BCUT2D eigenvalue weighted by Crippen LogP contribution is -1.93. The third kappa shape index (κ3) is 1.85. The number of rotatable bonds is 2. The summed E-state index contributed by atoms with van der Waals surface area (Å²) in [6.07, 6.45) is 8.07. The number of aromatic nitrogens is 3. The molecule has 5 heteroatoms. The smallest absolute Gasteiger partial charge is 0.330 e. The molecule has 0 aliphatic rings. The number of hydrogen-bond donors (Lipinski definition) is 0. The number of ether oxygens (including phenoxy) is 1. The van der Waals surface area contributed by atoms with Crippen LogP contribution in [0.5, 0.6) is 0 Å². The van der Waals surface area contributed by atoms with E-state index in [1.807, 2.05) is 0 Å². The van der Waals surface area contributed by atoms with Gasteiger partial charge in [0.1, 0.15) is 0 Å². The fourth-order valence-electron chi connectivity index (χ4n) is 1.19. The highest BCUT2D eigenvalue weighted by atomic mass is 16.5. The van der Waals surface area contributed by atoms with Gasteiger partial charge >= 0.3 is 5.97 Å². The summed E-state index contributed by atoms with van der Waals surface area (Å²) < 4.78 is 6.12. The second-order valence-electron chi connectivity index (χ2n) is 2.84. The van der Waals surface area contributed by atoms with Gasteiger partial charge < -0.3 is 4.74 Å². The van der Waals surface area contributed by atoms with Crippen LogP contribution in [0.3, 0.4) is 0 Å². The zero-order valence-electron chi connectivity index (χ0n) is 8.12. The molecule has 2 heterocycles. The molecule has 15 heavy (non-hydrogen) atoms. The van der Waals surface area contributed by atoms with E-state index in [1.54, 1.807) is 35.2 Å². The zero-order chi connectivity index (χ0) is 10.7. The molecule has 76 valence electrons. The number of nitrogens with zero attached hydrogens (tertiary/aromatic N) is 3. The van der Waals surface area contributed by atoms with Crippen molar-refractivity contribution >= 4 is 17.7 Å². The van der Waals surface area contributed by atoms with E-state index >= 15 is 0 Å². The third-order valence-electron chi connectivity index (χ3n) is 1.91. The molecule has 0 atom stereocenters. The highest BCUT2D eigenvalue weighted by Gasteiger charge is 2.01. The SMILES string of the molecule is COC(=O)C=Cc1cnn2cccnc12. The molecule has 0 bridgehead atoms. The van der Waals surface area contributed by atoms with Crippen molar-refractivity contribution in [1.29, 1.82) is 0 Å². The van der Waals surface area contributed by atoms with Crippen molar-refractivity contribution in [3.63, 3.8) is 0 Å². The molecule has 2 aromatic heterocycles. The number of carbonyl (C=O) groups excluding carboxylic acids is 1. The summed E-state index contributed by atoms with van der Waals surface area (Å²) in [5.41, 5.74) is 1.48. The van der Waals surface area contributed by atoms with Gasteiger partial charge in [0, 0.05) is 24.0 Å². The number of carbonyl (C=O) groups is 1. The van der Waals surface area contributed by atoms with Crippen molar-refractivity contribution in [1.82, 2.24) is 14.6 Å². The van der Waals surface area contributed by atoms with Crippen LogP contribution in [0.2, 0.25) is 0 Å². The molecule has 0 aliphatic heterocycles. The lowest BCUT2D eigenvalue weighted by Gasteiger charge is -1.91. The van der Waals surface area contributed by atoms with Crippen LogP contribution in [0, 0.1) is 0 Å². The van der Waals surface area contributed by atoms with Gasteiger partial charge in [0.25, 0.3) is 0 Å². The minimum atomic E-state index is -0.398. The summed E-state index contributed by atoms with van der Waals surface area (Å²) in [5, 5.41) is 4.07. The number of hydrogen-bond acceptors (Lipinski definition) is 4. The summed E-state index contributed by atoms with van der Waals surface area (Å²) >= 11 is 0. The molecular formula is C10H9N3O2. The molecule has 0 fully saturated rings. The maximum Gasteiger partial charge on any atom is 0.330 e. The summed E-state index contributed by atoms with van der Waals surface area (Å²) in [7, 11) is 1.33. The van der Waals surface area contributed by atoms with Crippen molar-refractivity contribution in [2.24, 2.45) is 0 Å². The van der Waals surface area contributed by atoms with Crippen LogP contribution in [0.15, 0.2) is 30.7 Å².